The summed E-state index contributed by atoms with van der Waals surface area (Å²) in [6.45, 7) is 0.440. The van der Waals surface area contributed by atoms with Crippen molar-refractivity contribution in [3.05, 3.63) is 95.2 Å². The number of allylic oxidation sites excluding steroid dienone is 1. The van der Waals surface area contributed by atoms with Crippen molar-refractivity contribution in [2.45, 2.75) is 30.7 Å². The number of carbonyl (C=O) groups is 1. The van der Waals surface area contributed by atoms with Gasteiger partial charge in [0, 0.05) is 23.4 Å². The number of phenolic OH excluding ortho intramolecular Hbond substituents is 1. The van der Waals surface area contributed by atoms with Crippen molar-refractivity contribution in [3.8, 4) is 5.75 Å². The van der Waals surface area contributed by atoms with Gasteiger partial charge in [-0.15, -0.1) is 11.8 Å². The number of nitrogens with two attached hydrogens (primary N) is 2. The summed E-state index contributed by atoms with van der Waals surface area (Å²) in [7, 11) is 0. The lowest BCUT2D eigenvalue weighted by atomic mass is 9.99. The lowest BCUT2D eigenvalue weighted by Gasteiger charge is -2.25. The van der Waals surface area contributed by atoms with Crippen molar-refractivity contribution < 1.29 is 9.90 Å². The van der Waals surface area contributed by atoms with E-state index < -0.39 is 6.04 Å². The largest absolute Gasteiger partial charge is 0.508 e. The van der Waals surface area contributed by atoms with Crippen LogP contribution in [0.5, 0.6) is 5.75 Å². The van der Waals surface area contributed by atoms with Crippen LogP contribution >= 0.6 is 11.8 Å². The molecule has 5 N–H and O–H groups in total. The molecule has 3 aromatic rings. The fourth-order valence-electron chi connectivity index (χ4n) is 4.37. The summed E-state index contributed by atoms with van der Waals surface area (Å²) in [6, 6.07) is 20.0. The molecule has 172 valence electrons. The minimum absolute atomic E-state index is 0.103. The van der Waals surface area contributed by atoms with Crippen LogP contribution in [0.3, 0.4) is 0 Å². The van der Waals surface area contributed by atoms with Crippen LogP contribution in [-0.2, 0) is 11.3 Å². The zero-order valence-corrected chi connectivity index (χ0v) is 19.3. The summed E-state index contributed by atoms with van der Waals surface area (Å²) in [5.41, 5.74) is 15.9. The van der Waals surface area contributed by atoms with E-state index in [1.165, 1.54) is 16.8 Å². The molecule has 2 aromatic carbocycles. The minimum Gasteiger partial charge on any atom is -0.508 e. The van der Waals surface area contributed by atoms with Gasteiger partial charge in [-0.25, -0.2) is 9.99 Å². The molecule has 1 aromatic heterocycles. The first-order valence-corrected chi connectivity index (χ1v) is 12.0. The third kappa shape index (κ3) is 4.18. The average Bonchev–Trinajstić information content (AvgIpc) is 3.52. The van der Waals surface area contributed by atoms with Gasteiger partial charge in [0.2, 0.25) is 0 Å². The van der Waals surface area contributed by atoms with Gasteiger partial charge in [0.1, 0.15) is 11.6 Å². The molecule has 7 nitrogen and oxygen atoms in total. The standard InChI is InChI=1S/C26H25N5O2S/c27-15-16-6-1-2-7-17(16)23-12-13-24(34-23)26(33)31-21(18-8-3-4-10-22(18)32)14-20(30-31)19-9-5-11-25(28)29-19/h1-12,21,24,32H,13-15,27H2,(H2,28,29). The number of aromatic hydroxyl groups is 1. The molecule has 0 fully saturated rings. The highest BCUT2D eigenvalue weighted by Gasteiger charge is 2.39. The summed E-state index contributed by atoms with van der Waals surface area (Å²) in [5.74, 6) is 0.425. The van der Waals surface area contributed by atoms with Gasteiger partial charge in [0.05, 0.1) is 22.7 Å². The van der Waals surface area contributed by atoms with Gasteiger partial charge in [-0.3, -0.25) is 4.79 Å². The number of pyridine rings is 1. The number of thioether (sulfide) groups is 1. The Labute approximate surface area is 202 Å². The van der Waals surface area contributed by atoms with Crippen LogP contribution in [0.15, 0.2) is 77.9 Å². The number of para-hydroxylation sites is 1. The second-order valence-corrected chi connectivity index (χ2v) is 9.47. The van der Waals surface area contributed by atoms with E-state index in [-0.39, 0.29) is 16.9 Å². The van der Waals surface area contributed by atoms with E-state index in [2.05, 4.69) is 16.2 Å². The number of hydrogen-bond acceptors (Lipinski definition) is 7. The average molecular weight is 472 g/mol. The molecule has 0 saturated carbocycles. The van der Waals surface area contributed by atoms with E-state index >= 15 is 0 Å². The Kier molecular flexibility index (Phi) is 6.08. The smallest absolute Gasteiger partial charge is 0.257 e. The Morgan fingerprint density at radius 2 is 1.88 bits per heavy atom. The summed E-state index contributed by atoms with van der Waals surface area (Å²) in [6.07, 6.45) is 3.13. The highest BCUT2D eigenvalue weighted by atomic mass is 32.2. The zero-order valence-electron chi connectivity index (χ0n) is 18.5. The normalized spacial score (nSPS) is 19.7. The van der Waals surface area contributed by atoms with Crippen LogP contribution in [0.1, 0.15) is 41.3 Å². The molecule has 0 saturated heterocycles. The van der Waals surface area contributed by atoms with Crippen LogP contribution in [0.25, 0.3) is 4.91 Å². The van der Waals surface area contributed by atoms with Crippen molar-refractivity contribution in [3.63, 3.8) is 0 Å². The van der Waals surface area contributed by atoms with Crippen LogP contribution in [-0.4, -0.2) is 32.0 Å². The molecule has 8 heteroatoms. The summed E-state index contributed by atoms with van der Waals surface area (Å²) in [4.78, 5) is 19.2. The molecular formula is C26H25N5O2S. The van der Waals surface area contributed by atoms with Crippen LogP contribution < -0.4 is 11.5 Å². The van der Waals surface area contributed by atoms with E-state index in [9.17, 15) is 9.90 Å². The molecule has 0 bridgehead atoms. The van der Waals surface area contributed by atoms with Gasteiger partial charge in [-0.2, -0.15) is 5.10 Å². The van der Waals surface area contributed by atoms with Crippen molar-refractivity contribution in [1.82, 2.24) is 9.99 Å². The molecule has 2 unspecified atom stereocenters. The number of hydrazone groups is 1. The number of rotatable bonds is 5. The van der Waals surface area contributed by atoms with Gasteiger partial charge in [-0.05, 0) is 35.7 Å². The summed E-state index contributed by atoms with van der Waals surface area (Å²) in [5, 5.41) is 16.4. The number of nitrogen functional groups attached to an aromatic ring is 1. The Balaban J connectivity index is 1.44. The van der Waals surface area contributed by atoms with Crippen LogP contribution in [0.2, 0.25) is 0 Å². The quantitative estimate of drug-likeness (QED) is 0.517. The number of anilines is 1. The molecule has 34 heavy (non-hydrogen) atoms. The molecule has 0 spiro atoms. The second kappa shape index (κ2) is 9.32. The first-order chi connectivity index (χ1) is 16.5. The van der Waals surface area contributed by atoms with Gasteiger partial charge in [0.15, 0.2) is 0 Å². The maximum atomic E-state index is 13.7. The number of aromatic nitrogens is 1. The molecule has 5 rings (SSSR count). The molecule has 0 radical (unpaired) electrons. The first kappa shape index (κ1) is 22.2. The predicted molar refractivity (Wildman–Crippen MR) is 136 cm³/mol. The fraction of sp³-hybridized carbons (Fsp3) is 0.192. The fourth-order valence-corrected chi connectivity index (χ4v) is 5.59. The first-order valence-electron chi connectivity index (χ1n) is 11.1. The maximum absolute atomic E-state index is 13.7. The molecule has 3 heterocycles. The van der Waals surface area contributed by atoms with E-state index in [4.69, 9.17) is 11.5 Å². The van der Waals surface area contributed by atoms with E-state index in [0.29, 0.717) is 42.2 Å². The van der Waals surface area contributed by atoms with Crippen LogP contribution in [0.4, 0.5) is 5.82 Å². The predicted octanol–water partition coefficient (Wildman–Crippen LogP) is 4.05. The molecule has 2 atom stereocenters. The number of phenols is 1. The SMILES string of the molecule is NCc1ccccc1C1=CCC(C(=O)N2N=C(c3cccc(N)n3)CC2c2ccccc2O)S1. The van der Waals surface area contributed by atoms with Gasteiger partial charge >= 0.3 is 0 Å². The number of hydrogen-bond donors (Lipinski definition) is 3. The monoisotopic (exact) mass is 471 g/mol. The lowest BCUT2D eigenvalue weighted by molar-refractivity contribution is -0.132. The molecule has 2 aliphatic rings. The van der Waals surface area contributed by atoms with E-state index in [1.54, 1.807) is 18.2 Å². The molecule has 0 aliphatic carbocycles. The number of amides is 1. The molecule has 1 amide bonds. The van der Waals surface area contributed by atoms with Crippen molar-refractivity contribution in [1.29, 1.82) is 0 Å². The van der Waals surface area contributed by atoms with E-state index in [0.717, 1.165) is 16.0 Å². The summed E-state index contributed by atoms with van der Waals surface area (Å²) < 4.78 is 0. The number of benzene rings is 2. The Morgan fingerprint density at radius 3 is 2.68 bits per heavy atom. The Bertz CT molecular complexity index is 1310. The van der Waals surface area contributed by atoms with Crippen molar-refractivity contribution in [2.24, 2.45) is 10.8 Å². The highest BCUT2D eigenvalue weighted by molar-refractivity contribution is 8.09. The third-order valence-corrected chi connectivity index (χ3v) is 7.38. The van der Waals surface area contributed by atoms with Crippen molar-refractivity contribution in [2.75, 3.05) is 5.73 Å². The van der Waals surface area contributed by atoms with E-state index in [1.807, 2.05) is 48.5 Å². The maximum Gasteiger partial charge on any atom is 0.257 e. The highest BCUT2D eigenvalue weighted by Crippen LogP contribution is 2.44. The van der Waals surface area contributed by atoms with Crippen molar-refractivity contribution >= 4 is 34.1 Å². The number of carbonyl (C=O) groups excluding carboxylic acids is 1. The Hall–Kier alpha value is -3.62. The molecule has 2 aliphatic heterocycles. The third-order valence-electron chi connectivity index (χ3n) is 6.06. The zero-order chi connectivity index (χ0) is 23.7. The van der Waals surface area contributed by atoms with Gasteiger partial charge < -0.3 is 16.6 Å². The van der Waals surface area contributed by atoms with Gasteiger partial charge in [-0.1, -0.05) is 54.6 Å². The minimum atomic E-state index is -0.423. The second-order valence-electron chi connectivity index (χ2n) is 8.23. The van der Waals surface area contributed by atoms with Gasteiger partial charge in [0.25, 0.3) is 5.91 Å². The molecular weight excluding hydrogens is 446 g/mol. The Morgan fingerprint density at radius 1 is 1.09 bits per heavy atom. The summed E-state index contributed by atoms with van der Waals surface area (Å²) >= 11 is 1.54. The number of nitrogens with zero attached hydrogens (tertiary/aromatic N) is 3. The lowest BCUT2D eigenvalue weighted by Crippen LogP contribution is -2.33. The van der Waals surface area contributed by atoms with Crippen LogP contribution in [0, 0.1) is 0 Å². The topological polar surface area (TPSA) is 118 Å².